The number of hydrogen-bond acceptors (Lipinski definition) is 10. The molecule has 12 nitrogen and oxygen atoms in total. The number of thioether (sulfide) groups is 2. The van der Waals surface area contributed by atoms with Crippen LogP contribution in [0, 0.1) is 6.92 Å². The molecule has 3 fully saturated rings. The second-order valence-electron chi connectivity index (χ2n) is 20.0. The van der Waals surface area contributed by atoms with Crippen molar-refractivity contribution in [3.8, 4) is 0 Å². The Morgan fingerprint density at radius 3 is 2.15 bits per heavy atom. The lowest BCUT2D eigenvalue weighted by atomic mass is 9.98. The summed E-state index contributed by atoms with van der Waals surface area (Å²) in [5.74, 6) is -3.71. The van der Waals surface area contributed by atoms with Crippen molar-refractivity contribution in [2.45, 2.75) is 95.6 Å². The Bertz CT molecular complexity index is 3490. The topological polar surface area (TPSA) is 122 Å². The molecule has 1 N–H and O–H groups in total. The monoisotopic (exact) mass is 1170 g/mol. The molecular formula is C56H54F11N9O3S2. The number of alkyl halides is 11. The van der Waals surface area contributed by atoms with Gasteiger partial charge in [0.1, 0.15) is 0 Å². The number of amides is 1. The van der Waals surface area contributed by atoms with Crippen molar-refractivity contribution in [2.24, 2.45) is 9.98 Å². The van der Waals surface area contributed by atoms with Crippen molar-refractivity contribution >= 4 is 80.0 Å². The van der Waals surface area contributed by atoms with Crippen LogP contribution >= 0.6 is 23.5 Å². The number of halogens is 11. The molecule has 4 aromatic carbocycles. The smallest absolute Gasteiger partial charge is 0.375 e. The maximum atomic E-state index is 14.1. The highest BCUT2D eigenvalue weighted by molar-refractivity contribution is 8.18. The number of fused-ring (bicyclic) bond motifs is 2. The number of carbonyl (C=O) groups is 2. The first-order valence-corrected chi connectivity index (χ1v) is 27.4. The third-order valence-electron chi connectivity index (χ3n) is 14.4. The number of aromatic nitrogens is 4. The number of nitrogens with one attached hydrogen (secondary N) is 1. The minimum Gasteiger partial charge on any atom is -0.375 e. The molecule has 0 bridgehead atoms. The van der Waals surface area contributed by atoms with Gasteiger partial charge in [-0.15, -0.1) is 0 Å². The van der Waals surface area contributed by atoms with Crippen LogP contribution in [0.1, 0.15) is 89.7 Å². The van der Waals surface area contributed by atoms with Crippen LogP contribution in [0.4, 0.5) is 48.3 Å². The van der Waals surface area contributed by atoms with Crippen molar-refractivity contribution in [3.63, 3.8) is 0 Å². The predicted molar refractivity (Wildman–Crippen MR) is 291 cm³/mol. The number of piperazine rings is 1. The largest absolute Gasteiger partial charge is 0.416 e. The molecule has 0 radical (unpaired) electrons. The lowest BCUT2D eigenvalue weighted by molar-refractivity contribution is -0.143. The van der Waals surface area contributed by atoms with E-state index in [1.54, 1.807) is 62.5 Å². The van der Waals surface area contributed by atoms with Crippen LogP contribution in [0.3, 0.4) is 0 Å². The molecule has 1 aliphatic carbocycles. The van der Waals surface area contributed by atoms with Crippen molar-refractivity contribution in [1.29, 1.82) is 0 Å². The summed E-state index contributed by atoms with van der Waals surface area (Å²) < 4.78 is 158. The second kappa shape index (κ2) is 23.4. The summed E-state index contributed by atoms with van der Waals surface area (Å²) in [5.41, 5.74) is -1.81. The number of aryl methyl sites for hydroxylation is 1. The van der Waals surface area contributed by atoms with Crippen LogP contribution in [0.25, 0.3) is 34.0 Å². The summed E-state index contributed by atoms with van der Waals surface area (Å²) in [6.45, 7) is 8.70. The third kappa shape index (κ3) is 13.5. The molecule has 1 unspecified atom stereocenters. The molecule has 1 atom stereocenters. The molecule has 4 aliphatic rings. The number of hydrogen-bond donors (Lipinski definition) is 1. The Morgan fingerprint density at radius 2 is 1.51 bits per heavy atom. The van der Waals surface area contributed by atoms with Crippen LogP contribution in [0.15, 0.2) is 98.8 Å². The highest BCUT2D eigenvalue weighted by Crippen LogP contribution is 2.42. The summed E-state index contributed by atoms with van der Waals surface area (Å²) in [5, 5.41) is 14.9. The van der Waals surface area contributed by atoms with Crippen LogP contribution in [-0.2, 0) is 51.9 Å². The first kappa shape index (κ1) is 59.1. The van der Waals surface area contributed by atoms with Crippen LogP contribution in [0.5, 0.6) is 0 Å². The highest BCUT2D eigenvalue weighted by Gasteiger charge is 2.46. The number of ether oxygens (including phenoxy) is 1. The Labute approximate surface area is 466 Å². The van der Waals surface area contributed by atoms with E-state index in [0.717, 1.165) is 74.1 Å². The standard InChI is InChI=1S/C29H30F5N5OS.C27H24F6N4O2S/c1-3-28(30,31)22-6-5-20(24(14-22)29(32,33)34)16-39-25-7-4-19(12-21(25)15-37-39)13-23(17-40)41-26(35-2)38-11-10-36-27(18-38)8-9-27;1-3-19-14-36(8-9-39-19)25-34-24(38)23(40-25)11-16-4-7-22-20(10-16)15(2)35-37(22)13-17-5-6-18(26(28,29)30)12-21(17)27(31,32)33/h4-7,12-15,17,36H,3,8-11,16,18H2,1-2H3;4-7,10-12,19H,3,8-9,13-14H2,1-2H3/b23-13-,35-26?;23-11-. The number of nitrogens with zero attached hydrogens (tertiary/aromatic N) is 8. The average molecular weight is 1170 g/mol. The zero-order chi connectivity index (χ0) is 58.2. The number of rotatable bonds is 11. The van der Waals surface area contributed by atoms with E-state index in [1.807, 2.05) is 11.8 Å². The minimum absolute atomic E-state index is 0.0805. The lowest BCUT2D eigenvalue weighted by Gasteiger charge is -2.35. The van der Waals surface area contributed by atoms with Gasteiger partial charge in [-0.25, -0.2) is 8.78 Å². The van der Waals surface area contributed by atoms with Gasteiger partial charge in [-0.2, -0.15) is 54.7 Å². The number of morpholine rings is 1. The maximum absolute atomic E-state index is 14.1. The molecule has 1 amide bonds. The Morgan fingerprint density at radius 1 is 0.840 bits per heavy atom. The molecule has 2 saturated heterocycles. The molecule has 81 heavy (non-hydrogen) atoms. The van der Waals surface area contributed by atoms with Gasteiger partial charge in [-0.05, 0) is 127 Å². The first-order chi connectivity index (χ1) is 38.3. The average Bonchev–Trinajstić information content (AvgIpc) is 3.71. The summed E-state index contributed by atoms with van der Waals surface area (Å²) in [4.78, 5) is 38.3. The van der Waals surface area contributed by atoms with Gasteiger partial charge >= 0.3 is 18.5 Å². The zero-order valence-electron chi connectivity index (χ0n) is 44.1. The fourth-order valence-corrected chi connectivity index (χ4v) is 11.6. The number of carbonyl (C=O) groups excluding carboxylic acids is 2. The molecule has 430 valence electrons. The number of benzene rings is 4. The molecule has 25 heteroatoms. The molecule has 1 saturated carbocycles. The summed E-state index contributed by atoms with van der Waals surface area (Å²) in [6, 6.07) is 14.7. The molecule has 2 aromatic heterocycles. The van der Waals surface area contributed by atoms with E-state index in [2.05, 4.69) is 30.4 Å². The first-order valence-electron chi connectivity index (χ1n) is 25.8. The number of allylic oxidation sites excluding steroid dienone is 1. The number of amidine groups is 2. The van der Waals surface area contributed by atoms with Gasteiger partial charge in [0, 0.05) is 68.1 Å². The second-order valence-corrected chi connectivity index (χ2v) is 22.0. The van der Waals surface area contributed by atoms with Gasteiger partial charge < -0.3 is 19.9 Å². The van der Waals surface area contributed by atoms with Crippen molar-refractivity contribution in [2.75, 3.05) is 46.4 Å². The fraction of sp³-hybridized carbons (Fsp3) is 0.393. The van der Waals surface area contributed by atoms with E-state index >= 15 is 0 Å². The Balaban J connectivity index is 0.000000196. The van der Waals surface area contributed by atoms with Crippen molar-refractivity contribution in [1.82, 2.24) is 34.7 Å². The highest BCUT2D eigenvalue weighted by atomic mass is 32.2. The van der Waals surface area contributed by atoms with Gasteiger partial charge in [0.15, 0.2) is 16.6 Å². The van der Waals surface area contributed by atoms with E-state index < -0.39 is 53.1 Å². The Kier molecular flexibility index (Phi) is 17.0. The zero-order valence-corrected chi connectivity index (χ0v) is 45.7. The van der Waals surface area contributed by atoms with Crippen LogP contribution < -0.4 is 5.32 Å². The maximum Gasteiger partial charge on any atom is 0.416 e. The lowest BCUT2D eigenvalue weighted by Crippen LogP contribution is -2.53. The normalized spacial score (nSPS) is 18.8. The molecule has 1 spiro atoms. The van der Waals surface area contributed by atoms with Crippen LogP contribution in [0.2, 0.25) is 0 Å². The number of aliphatic imine (C=N–C) groups is 2. The van der Waals surface area contributed by atoms with Gasteiger partial charge in [-0.3, -0.25) is 23.9 Å². The van der Waals surface area contributed by atoms with Gasteiger partial charge in [-0.1, -0.05) is 44.2 Å². The summed E-state index contributed by atoms with van der Waals surface area (Å²) in [7, 11) is 1.71. The molecule has 10 rings (SSSR count). The van der Waals surface area contributed by atoms with Crippen molar-refractivity contribution in [3.05, 3.63) is 139 Å². The predicted octanol–water partition coefficient (Wildman–Crippen LogP) is 12.8. The van der Waals surface area contributed by atoms with E-state index in [0.29, 0.717) is 79.9 Å². The van der Waals surface area contributed by atoms with E-state index in [4.69, 9.17) is 4.74 Å². The SMILES string of the molecule is CCC(F)(F)c1ccc(Cn2ncc3cc(/C=C(/C=O)SC(=NC)N4CCNC5(CC5)C4)ccc32)c(C(F)(F)F)c1.CCC1CN(C2=NC(=O)/C(=C/c3ccc4c(c3)c(C)nn4Cc3ccc(C(F)(F)F)cc3C(F)(F)F)S2)CCO1. The van der Waals surface area contributed by atoms with Crippen LogP contribution in [-0.4, -0.2) is 110 Å². The van der Waals surface area contributed by atoms with E-state index in [1.165, 1.54) is 46.0 Å². The van der Waals surface area contributed by atoms with E-state index in [9.17, 15) is 57.9 Å². The molecule has 3 aliphatic heterocycles. The fourth-order valence-electron chi connectivity index (χ4n) is 9.81. The van der Waals surface area contributed by atoms with Gasteiger partial charge in [0.2, 0.25) is 0 Å². The number of aldehydes is 1. The third-order valence-corrected chi connectivity index (χ3v) is 16.5. The van der Waals surface area contributed by atoms with Gasteiger partial charge in [0.05, 0.1) is 75.2 Å². The van der Waals surface area contributed by atoms with E-state index in [-0.39, 0.29) is 47.8 Å². The quantitative estimate of drug-likeness (QED) is 0.0441. The molecule has 5 heterocycles. The van der Waals surface area contributed by atoms with Gasteiger partial charge in [0.25, 0.3) is 11.8 Å². The summed E-state index contributed by atoms with van der Waals surface area (Å²) >= 11 is 2.58. The van der Waals surface area contributed by atoms with Crippen molar-refractivity contribution < 1.29 is 62.6 Å². The molecular weight excluding hydrogens is 1120 g/mol. The molecule has 6 aromatic rings. The minimum atomic E-state index is -4.97. The summed E-state index contributed by atoms with van der Waals surface area (Å²) in [6.07, 6.45) is -6.32. The Hall–Kier alpha value is -6.57.